The van der Waals surface area contributed by atoms with E-state index in [1.54, 1.807) is 0 Å². The fourth-order valence-electron chi connectivity index (χ4n) is 2.25. The fraction of sp³-hybridized carbons (Fsp3) is 0.643. The number of aliphatic carboxylic acids is 4. The minimum atomic E-state index is -1.22. The summed E-state index contributed by atoms with van der Waals surface area (Å²) < 4.78 is 0. The minimum Gasteiger partial charge on any atom is -0.480 e. The maximum absolute atomic E-state index is 11.2. The molecule has 0 saturated heterocycles. The van der Waals surface area contributed by atoms with Crippen molar-refractivity contribution >= 4 is 29.8 Å². The SMILES string of the molecule is NC(=O)CN(CCN(CC(=O)O)CC(=O)O)CCN(CC(=O)O)CC(=O)O. The lowest BCUT2D eigenvalue weighted by molar-refractivity contribution is -0.143. The monoisotopic (exact) mass is 392 g/mol. The first-order valence-corrected chi connectivity index (χ1v) is 7.82. The number of hydrogen-bond acceptors (Lipinski definition) is 8. The Morgan fingerprint density at radius 2 is 0.778 bits per heavy atom. The van der Waals surface area contributed by atoms with Crippen LogP contribution in [0.25, 0.3) is 0 Å². The average Bonchev–Trinajstić information content (AvgIpc) is 2.46. The molecular weight excluding hydrogens is 368 g/mol. The Morgan fingerprint density at radius 1 is 0.519 bits per heavy atom. The van der Waals surface area contributed by atoms with Gasteiger partial charge in [-0.3, -0.25) is 38.7 Å². The third-order valence-corrected chi connectivity index (χ3v) is 3.28. The van der Waals surface area contributed by atoms with Crippen molar-refractivity contribution in [2.75, 3.05) is 58.9 Å². The van der Waals surface area contributed by atoms with Crippen molar-refractivity contribution in [3.05, 3.63) is 0 Å². The zero-order chi connectivity index (χ0) is 21.0. The van der Waals surface area contributed by atoms with Crippen LogP contribution in [0.4, 0.5) is 0 Å². The van der Waals surface area contributed by atoms with Gasteiger partial charge in [-0.1, -0.05) is 0 Å². The number of carboxylic acid groups (broad SMARTS) is 4. The van der Waals surface area contributed by atoms with Gasteiger partial charge in [-0.15, -0.1) is 0 Å². The van der Waals surface area contributed by atoms with E-state index < -0.39 is 56.0 Å². The number of nitrogens with two attached hydrogens (primary N) is 1. The van der Waals surface area contributed by atoms with E-state index in [0.29, 0.717) is 0 Å². The molecule has 0 atom stereocenters. The molecule has 0 unspecified atom stereocenters. The molecule has 0 heterocycles. The molecular formula is C14H24N4O9. The normalized spacial score (nSPS) is 11.1. The van der Waals surface area contributed by atoms with E-state index in [0.717, 1.165) is 9.80 Å². The van der Waals surface area contributed by atoms with Crippen LogP contribution in [0.1, 0.15) is 0 Å². The van der Waals surface area contributed by atoms with Crippen LogP contribution < -0.4 is 5.73 Å². The number of carboxylic acids is 4. The van der Waals surface area contributed by atoms with E-state index in [2.05, 4.69) is 0 Å². The number of hydrogen-bond donors (Lipinski definition) is 5. The van der Waals surface area contributed by atoms with Crippen LogP contribution in [-0.2, 0) is 24.0 Å². The van der Waals surface area contributed by atoms with E-state index in [1.165, 1.54) is 4.90 Å². The molecule has 0 aliphatic rings. The quantitative estimate of drug-likeness (QED) is 0.175. The molecule has 13 heteroatoms. The van der Waals surface area contributed by atoms with Gasteiger partial charge in [-0.05, 0) is 0 Å². The van der Waals surface area contributed by atoms with Crippen molar-refractivity contribution in [2.24, 2.45) is 5.73 Å². The second kappa shape index (κ2) is 12.6. The summed E-state index contributed by atoms with van der Waals surface area (Å²) in [6, 6.07) is 0. The molecule has 0 radical (unpaired) electrons. The van der Waals surface area contributed by atoms with Gasteiger partial charge in [0.25, 0.3) is 0 Å². The molecule has 0 spiro atoms. The molecule has 13 nitrogen and oxygen atoms in total. The Kier molecular flexibility index (Phi) is 11.3. The summed E-state index contributed by atoms with van der Waals surface area (Å²) in [7, 11) is 0. The number of amides is 1. The number of primary amides is 1. The highest BCUT2D eigenvalue weighted by molar-refractivity contribution is 5.76. The van der Waals surface area contributed by atoms with Crippen LogP contribution in [0.15, 0.2) is 0 Å². The molecule has 0 aliphatic carbocycles. The maximum Gasteiger partial charge on any atom is 0.317 e. The maximum atomic E-state index is 11.2. The Balaban J connectivity index is 4.85. The average molecular weight is 392 g/mol. The standard InChI is InChI=1S/C14H24N4O9/c15-10(19)5-16(1-3-17(6-11(20)21)7-12(22)23)2-4-18(8-13(24)25)9-14(26)27/h1-9H2,(H2,15,19)(H,20,21)(H,22,23)(H,24,25)(H,26,27). The second-order valence-electron chi connectivity index (χ2n) is 5.74. The van der Waals surface area contributed by atoms with Gasteiger partial charge in [0.05, 0.1) is 32.7 Å². The summed E-state index contributed by atoms with van der Waals surface area (Å²) in [6.45, 7) is -2.12. The zero-order valence-corrected chi connectivity index (χ0v) is 14.6. The highest BCUT2D eigenvalue weighted by Gasteiger charge is 2.18. The van der Waals surface area contributed by atoms with Gasteiger partial charge in [0.15, 0.2) is 0 Å². The van der Waals surface area contributed by atoms with Crippen molar-refractivity contribution in [3.63, 3.8) is 0 Å². The third kappa shape index (κ3) is 14.1. The molecule has 0 aliphatic heterocycles. The number of nitrogens with zero attached hydrogens (tertiary/aromatic N) is 3. The Labute approximate surface area is 154 Å². The first kappa shape index (κ1) is 24.2. The molecule has 0 saturated carbocycles. The van der Waals surface area contributed by atoms with Gasteiger partial charge in [0, 0.05) is 26.2 Å². The van der Waals surface area contributed by atoms with Crippen LogP contribution in [-0.4, -0.2) is 124 Å². The Bertz CT molecular complexity index is 483. The van der Waals surface area contributed by atoms with Crippen LogP contribution >= 0.6 is 0 Å². The third-order valence-electron chi connectivity index (χ3n) is 3.28. The summed E-state index contributed by atoms with van der Waals surface area (Å²) in [5.74, 6) is -5.56. The van der Waals surface area contributed by atoms with E-state index in [1.807, 2.05) is 0 Å². The van der Waals surface area contributed by atoms with E-state index in [-0.39, 0.29) is 32.7 Å². The zero-order valence-electron chi connectivity index (χ0n) is 14.6. The summed E-state index contributed by atoms with van der Waals surface area (Å²) in [5, 5.41) is 35.2. The number of carbonyl (C=O) groups excluding carboxylic acids is 1. The Hall–Kier alpha value is -2.77. The van der Waals surface area contributed by atoms with E-state index in [4.69, 9.17) is 26.2 Å². The molecule has 0 bridgehead atoms. The molecule has 6 N–H and O–H groups in total. The molecule has 27 heavy (non-hydrogen) atoms. The van der Waals surface area contributed by atoms with Crippen molar-refractivity contribution in [3.8, 4) is 0 Å². The van der Waals surface area contributed by atoms with Crippen LogP contribution in [0.3, 0.4) is 0 Å². The lowest BCUT2D eigenvalue weighted by Gasteiger charge is -2.27. The molecule has 0 aromatic heterocycles. The molecule has 0 rings (SSSR count). The largest absolute Gasteiger partial charge is 0.480 e. The smallest absolute Gasteiger partial charge is 0.317 e. The van der Waals surface area contributed by atoms with Gasteiger partial charge in [-0.25, -0.2) is 0 Å². The summed E-state index contributed by atoms with van der Waals surface area (Å²) in [5.41, 5.74) is 5.14. The molecule has 154 valence electrons. The van der Waals surface area contributed by atoms with Crippen molar-refractivity contribution in [1.29, 1.82) is 0 Å². The first-order valence-electron chi connectivity index (χ1n) is 7.82. The highest BCUT2D eigenvalue weighted by Crippen LogP contribution is 1.97. The molecule has 0 aromatic rings. The molecule has 0 fully saturated rings. The topological polar surface area (TPSA) is 202 Å². The van der Waals surface area contributed by atoms with Gasteiger partial charge in [0.2, 0.25) is 5.91 Å². The van der Waals surface area contributed by atoms with E-state index in [9.17, 15) is 24.0 Å². The molecule has 0 aromatic carbocycles. The molecule has 1 amide bonds. The number of rotatable bonds is 16. The summed E-state index contributed by atoms with van der Waals surface area (Å²) in [6.07, 6.45) is 0. The fourth-order valence-corrected chi connectivity index (χ4v) is 2.25. The minimum absolute atomic E-state index is 0.00371. The van der Waals surface area contributed by atoms with Crippen molar-refractivity contribution in [1.82, 2.24) is 14.7 Å². The van der Waals surface area contributed by atoms with Gasteiger partial charge in [-0.2, -0.15) is 0 Å². The second-order valence-corrected chi connectivity index (χ2v) is 5.74. The lowest BCUT2D eigenvalue weighted by atomic mass is 10.3. The van der Waals surface area contributed by atoms with Crippen molar-refractivity contribution in [2.45, 2.75) is 0 Å². The lowest BCUT2D eigenvalue weighted by Crippen LogP contribution is -2.46. The first-order chi connectivity index (χ1) is 12.5. The van der Waals surface area contributed by atoms with Crippen LogP contribution in [0.2, 0.25) is 0 Å². The van der Waals surface area contributed by atoms with Crippen LogP contribution in [0.5, 0.6) is 0 Å². The van der Waals surface area contributed by atoms with Gasteiger partial charge in [0.1, 0.15) is 0 Å². The van der Waals surface area contributed by atoms with Gasteiger partial charge < -0.3 is 26.2 Å². The highest BCUT2D eigenvalue weighted by atomic mass is 16.4. The van der Waals surface area contributed by atoms with Crippen LogP contribution in [0, 0.1) is 0 Å². The Morgan fingerprint density at radius 3 is 1.00 bits per heavy atom. The van der Waals surface area contributed by atoms with Crippen molar-refractivity contribution < 1.29 is 44.4 Å². The number of carbonyl (C=O) groups is 5. The van der Waals surface area contributed by atoms with E-state index >= 15 is 0 Å². The predicted octanol–water partition coefficient (Wildman–Crippen LogP) is -3.28. The summed E-state index contributed by atoms with van der Waals surface area (Å²) >= 11 is 0. The summed E-state index contributed by atoms with van der Waals surface area (Å²) in [4.78, 5) is 58.1. The van der Waals surface area contributed by atoms with Gasteiger partial charge >= 0.3 is 23.9 Å². The predicted molar refractivity (Wildman–Crippen MR) is 89.1 cm³/mol.